The first-order valence-corrected chi connectivity index (χ1v) is 8.74. The molecular weight excluding hydrogens is 312 g/mol. The lowest BCUT2D eigenvalue weighted by molar-refractivity contribution is 0.269. The van der Waals surface area contributed by atoms with Crippen LogP contribution in [0.1, 0.15) is 22.6 Å². The third kappa shape index (κ3) is 2.83. The summed E-state index contributed by atoms with van der Waals surface area (Å²) in [4.78, 5) is 11.7. The van der Waals surface area contributed by atoms with Crippen molar-refractivity contribution in [1.29, 1.82) is 0 Å². The second-order valence-electron chi connectivity index (χ2n) is 6.70. The average Bonchev–Trinajstić information content (AvgIpc) is 3.24. The van der Waals surface area contributed by atoms with Gasteiger partial charge in [-0.25, -0.2) is 9.97 Å². The van der Waals surface area contributed by atoms with Crippen LogP contribution in [0.15, 0.2) is 42.6 Å². The van der Waals surface area contributed by atoms with Crippen LogP contribution in [0.4, 0.5) is 0 Å². The summed E-state index contributed by atoms with van der Waals surface area (Å²) in [7, 11) is 0. The molecule has 25 heavy (non-hydrogen) atoms. The Morgan fingerprint density at radius 2 is 2.04 bits per heavy atom. The van der Waals surface area contributed by atoms with E-state index in [1.807, 2.05) is 24.4 Å². The summed E-state index contributed by atoms with van der Waals surface area (Å²) in [6.45, 7) is 5.49. The maximum Gasteiger partial charge on any atom is 0.159 e. The fraction of sp³-hybridized carbons (Fsp3) is 0.316. The van der Waals surface area contributed by atoms with Crippen LogP contribution in [0.25, 0.3) is 11.4 Å². The highest BCUT2D eigenvalue weighted by Crippen LogP contribution is 2.25. The van der Waals surface area contributed by atoms with E-state index in [9.17, 15) is 0 Å². The van der Waals surface area contributed by atoms with Gasteiger partial charge in [-0.3, -0.25) is 9.58 Å². The quantitative estimate of drug-likeness (QED) is 0.794. The highest BCUT2D eigenvalue weighted by atomic mass is 15.3. The number of fused-ring (bicyclic) bond motifs is 2. The molecular formula is C19H20N6. The molecule has 0 fully saturated rings. The molecule has 6 heteroatoms. The standard InChI is InChI=1S/C19H20N6/c1-2-4-14(5-3-1)19-21-9-15-11-24(13-18(15)22-19)12-16-8-17-10-20-6-7-25(17)23-16/h1-5,8-9,20H,6-7,10-13H2. The molecule has 0 unspecified atom stereocenters. The van der Waals surface area contributed by atoms with Crippen LogP contribution in [-0.4, -0.2) is 31.2 Å². The molecule has 0 atom stereocenters. The van der Waals surface area contributed by atoms with Crippen molar-refractivity contribution in [2.75, 3.05) is 6.54 Å². The van der Waals surface area contributed by atoms with Crippen molar-refractivity contribution in [2.45, 2.75) is 32.7 Å². The number of hydrogen-bond donors (Lipinski definition) is 1. The van der Waals surface area contributed by atoms with Gasteiger partial charge in [0.05, 0.1) is 23.6 Å². The van der Waals surface area contributed by atoms with Gasteiger partial charge in [0.1, 0.15) is 0 Å². The SMILES string of the molecule is c1ccc(-c2ncc3c(n2)CN(Cc2cc4n(n2)CCNC4)C3)cc1. The smallest absolute Gasteiger partial charge is 0.159 e. The van der Waals surface area contributed by atoms with E-state index in [4.69, 9.17) is 10.1 Å². The minimum Gasteiger partial charge on any atom is -0.309 e. The zero-order valence-electron chi connectivity index (χ0n) is 14.0. The van der Waals surface area contributed by atoms with Gasteiger partial charge >= 0.3 is 0 Å². The molecule has 0 bridgehead atoms. The van der Waals surface area contributed by atoms with Crippen LogP contribution >= 0.6 is 0 Å². The molecule has 4 heterocycles. The van der Waals surface area contributed by atoms with Crippen LogP contribution < -0.4 is 5.32 Å². The summed E-state index contributed by atoms with van der Waals surface area (Å²) in [5.41, 5.74) is 5.86. The molecule has 0 aliphatic carbocycles. The second-order valence-corrected chi connectivity index (χ2v) is 6.70. The Balaban J connectivity index is 1.33. The predicted molar refractivity (Wildman–Crippen MR) is 94.4 cm³/mol. The average molecular weight is 332 g/mol. The van der Waals surface area contributed by atoms with Gasteiger partial charge in [-0.05, 0) is 6.07 Å². The molecule has 3 aromatic rings. The van der Waals surface area contributed by atoms with Gasteiger partial charge < -0.3 is 5.32 Å². The Morgan fingerprint density at radius 3 is 2.92 bits per heavy atom. The van der Waals surface area contributed by atoms with E-state index in [1.54, 1.807) is 0 Å². The zero-order chi connectivity index (χ0) is 16.6. The summed E-state index contributed by atoms with van der Waals surface area (Å²) in [6, 6.07) is 12.4. The number of nitrogens with one attached hydrogen (secondary N) is 1. The molecule has 0 saturated heterocycles. The van der Waals surface area contributed by atoms with Crippen LogP contribution in [0, 0.1) is 0 Å². The van der Waals surface area contributed by atoms with Crippen molar-refractivity contribution in [2.24, 2.45) is 0 Å². The number of nitrogens with zero attached hydrogens (tertiary/aromatic N) is 5. The van der Waals surface area contributed by atoms with Crippen molar-refractivity contribution >= 4 is 0 Å². The van der Waals surface area contributed by atoms with Gasteiger partial charge in [-0.15, -0.1) is 0 Å². The minimum absolute atomic E-state index is 0.810. The Hall–Kier alpha value is -2.57. The van der Waals surface area contributed by atoms with Gasteiger partial charge in [0.15, 0.2) is 5.82 Å². The number of benzene rings is 1. The molecule has 5 rings (SSSR count). The van der Waals surface area contributed by atoms with Crippen LogP contribution in [0.2, 0.25) is 0 Å². The van der Waals surface area contributed by atoms with Gasteiger partial charge in [0.2, 0.25) is 0 Å². The maximum absolute atomic E-state index is 4.79. The topological polar surface area (TPSA) is 58.9 Å². The molecule has 2 aliphatic heterocycles. The van der Waals surface area contributed by atoms with E-state index in [-0.39, 0.29) is 0 Å². The van der Waals surface area contributed by atoms with Crippen LogP contribution in [0.3, 0.4) is 0 Å². The molecule has 126 valence electrons. The maximum atomic E-state index is 4.79. The van der Waals surface area contributed by atoms with Gasteiger partial charge in [0.25, 0.3) is 0 Å². The van der Waals surface area contributed by atoms with Crippen molar-refractivity contribution in [3.8, 4) is 11.4 Å². The minimum atomic E-state index is 0.810. The van der Waals surface area contributed by atoms with E-state index < -0.39 is 0 Å². The molecule has 2 aliphatic rings. The van der Waals surface area contributed by atoms with E-state index in [1.165, 1.54) is 11.3 Å². The number of hydrogen-bond acceptors (Lipinski definition) is 5. The van der Waals surface area contributed by atoms with Crippen LogP contribution in [-0.2, 0) is 32.7 Å². The van der Waals surface area contributed by atoms with Crippen molar-refractivity contribution in [1.82, 2.24) is 30.0 Å². The normalized spacial score (nSPS) is 16.6. The molecule has 2 aromatic heterocycles. The van der Waals surface area contributed by atoms with Crippen molar-refractivity contribution in [3.05, 3.63) is 65.2 Å². The second kappa shape index (κ2) is 6.06. The summed E-state index contributed by atoms with van der Waals surface area (Å²) in [6.07, 6.45) is 1.98. The van der Waals surface area contributed by atoms with E-state index >= 15 is 0 Å². The Kier molecular flexibility index (Phi) is 3.57. The predicted octanol–water partition coefficient (Wildman–Crippen LogP) is 1.96. The summed E-state index contributed by atoms with van der Waals surface area (Å²) < 4.78 is 2.13. The summed E-state index contributed by atoms with van der Waals surface area (Å²) in [5.74, 6) is 0.810. The third-order valence-corrected chi connectivity index (χ3v) is 4.86. The highest BCUT2D eigenvalue weighted by molar-refractivity contribution is 5.54. The van der Waals surface area contributed by atoms with E-state index in [2.05, 4.69) is 38.1 Å². The lowest BCUT2D eigenvalue weighted by atomic mass is 10.2. The molecule has 1 aromatic carbocycles. The number of aromatic nitrogens is 4. The first kappa shape index (κ1) is 14.7. The Morgan fingerprint density at radius 1 is 1.12 bits per heavy atom. The first-order valence-electron chi connectivity index (χ1n) is 8.74. The van der Waals surface area contributed by atoms with E-state index in [0.717, 1.165) is 62.0 Å². The fourth-order valence-corrected chi connectivity index (χ4v) is 3.62. The van der Waals surface area contributed by atoms with Gasteiger partial charge in [-0.2, -0.15) is 5.10 Å². The third-order valence-electron chi connectivity index (χ3n) is 4.86. The Bertz CT molecular complexity index is 878. The first-order chi connectivity index (χ1) is 12.3. The van der Waals surface area contributed by atoms with Crippen molar-refractivity contribution in [3.63, 3.8) is 0 Å². The zero-order valence-corrected chi connectivity index (χ0v) is 14.0. The highest BCUT2D eigenvalue weighted by Gasteiger charge is 2.23. The largest absolute Gasteiger partial charge is 0.309 e. The summed E-state index contributed by atoms with van der Waals surface area (Å²) >= 11 is 0. The van der Waals surface area contributed by atoms with Crippen molar-refractivity contribution < 1.29 is 0 Å². The molecule has 6 nitrogen and oxygen atoms in total. The van der Waals surface area contributed by atoms with Gasteiger partial charge in [-0.1, -0.05) is 30.3 Å². The number of rotatable bonds is 3. The molecule has 1 N–H and O–H groups in total. The molecule has 0 saturated carbocycles. The Labute approximate surface area is 146 Å². The van der Waals surface area contributed by atoms with Crippen LogP contribution in [0.5, 0.6) is 0 Å². The van der Waals surface area contributed by atoms with Gasteiger partial charge in [0, 0.05) is 50.0 Å². The van der Waals surface area contributed by atoms with E-state index in [0.29, 0.717) is 0 Å². The summed E-state index contributed by atoms with van der Waals surface area (Å²) in [5, 5.41) is 8.13. The fourth-order valence-electron chi connectivity index (χ4n) is 3.62. The molecule has 0 radical (unpaired) electrons. The monoisotopic (exact) mass is 332 g/mol. The molecule has 0 amide bonds. The lowest BCUT2D eigenvalue weighted by Crippen LogP contribution is -2.28. The lowest BCUT2D eigenvalue weighted by Gasteiger charge is -2.13. The molecule has 0 spiro atoms.